The first-order valence-electron chi connectivity index (χ1n) is 8.83. The summed E-state index contributed by atoms with van der Waals surface area (Å²) in [5, 5.41) is 0. The van der Waals surface area contributed by atoms with Crippen LogP contribution >= 0.6 is 0 Å². The Hall–Kier alpha value is -0.950. The summed E-state index contributed by atoms with van der Waals surface area (Å²) in [7, 11) is -3.29. The lowest BCUT2D eigenvalue weighted by Gasteiger charge is -2.37. The fraction of sp³-hybridized carbons (Fsp3) is 0.667. The highest BCUT2D eigenvalue weighted by Gasteiger charge is 2.37. The highest BCUT2D eigenvalue weighted by molar-refractivity contribution is 7.88. The van der Waals surface area contributed by atoms with Crippen molar-refractivity contribution in [2.45, 2.75) is 38.2 Å². The van der Waals surface area contributed by atoms with Crippen molar-refractivity contribution in [2.75, 3.05) is 32.8 Å². The van der Waals surface area contributed by atoms with Crippen LogP contribution < -0.4 is 0 Å². The van der Waals surface area contributed by atoms with Gasteiger partial charge in [-0.25, -0.2) is 8.42 Å². The summed E-state index contributed by atoms with van der Waals surface area (Å²) in [4.78, 5) is 2.44. The molecule has 1 aromatic rings. The van der Waals surface area contributed by atoms with Gasteiger partial charge in [-0.1, -0.05) is 30.3 Å². The standard InChI is InChI=1S/C18H28N2O3S/c1-15(2)19-10-11-23-18-13-20(9-8-17(18)12-19)24(21,22)14-16-6-4-3-5-7-16/h3-7,15,17-18H,8-14H2,1-2H3/t17-,18+/m1/s1. The van der Waals surface area contributed by atoms with Gasteiger partial charge >= 0.3 is 0 Å². The highest BCUT2D eigenvalue weighted by atomic mass is 32.2. The van der Waals surface area contributed by atoms with Crippen LogP contribution in [0.4, 0.5) is 0 Å². The van der Waals surface area contributed by atoms with Crippen LogP contribution in [-0.4, -0.2) is 62.6 Å². The van der Waals surface area contributed by atoms with Crippen LogP contribution in [0.1, 0.15) is 25.8 Å². The predicted octanol–water partition coefficient (Wildman–Crippen LogP) is 1.95. The average Bonchev–Trinajstić information content (AvgIpc) is 2.77. The topological polar surface area (TPSA) is 49.9 Å². The molecule has 0 bridgehead atoms. The van der Waals surface area contributed by atoms with Crippen LogP contribution in [0.15, 0.2) is 30.3 Å². The van der Waals surface area contributed by atoms with Crippen LogP contribution in [-0.2, 0) is 20.5 Å². The van der Waals surface area contributed by atoms with Crippen LogP contribution in [0.3, 0.4) is 0 Å². The van der Waals surface area contributed by atoms with Crippen molar-refractivity contribution >= 4 is 10.0 Å². The van der Waals surface area contributed by atoms with Crippen molar-refractivity contribution in [1.82, 2.24) is 9.21 Å². The van der Waals surface area contributed by atoms with Gasteiger partial charge in [0.15, 0.2) is 0 Å². The van der Waals surface area contributed by atoms with Crippen LogP contribution in [0.5, 0.6) is 0 Å². The fourth-order valence-corrected chi connectivity index (χ4v) is 5.20. The minimum absolute atomic E-state index is 0.0213. The number of benzene rings is 1. The molecule has 0 spiro atoms. The predicted molar refractivity (Wildman–Crippen MR) is 95.2 cm³/mol. The van der Waals surface area contributed by atoms with Gasteiger partial charge in [0, 0.05) is 38.1 Å². The molecule has 2 aliphatic heterocycles. The molecule has 0 saturated carbocycles. The number of fused-ring (bicyclic) bond motifs is 1. The van der Waals surface area contributed by atoms with Crippen molar-refractivity contribution in [3.8, 4) is 0 Å². The van der Waals surface area contributed by atoms with Gasteiger partial charge < -0.3 is 4.74 Å². The molecule has 2 fully saturated rings. The second-order valence-electron chi connectivity index (χ2n) is 7.15. The summed E-state index contributed by atoms with van der Waals surface area (Å²) < 4.78 is 33.1. The zero-order chi connectivity index (χ0) is 17.2. The maximum Gasteiger partial charge on any atom is 0.218 e. The largest absolute Gasteiger partial charge is 0.375 e. The third-order valence-corrected chi connectivity index (χ3v) is 6.97. The first kappa shape index (κ1) is 17.9. The van der Waals surface area contributed by atoms with E-state index in [1.165, 1.54) is 0 Å². The van der Waals surface area contributed by atoms with Gasteiger partial charge in [0.25, 0.3) is 0 Å². The average molecular weight is 353 g/mol. The molecule has 2 atom stereocenters. The van der Waals surface area contributed by atoms with Crippen molar-refractivity contribution < 1.29 is 13.2 Å². The van der Waals surface area contributed by atoms with E-state index in [2.05, 4.69) is 18.7 Å². The molecule has 6 heteroatoms. The number of rotatable bonds is 4. The van der Waals surface area contributed by atoms with E-state index in [9.17, 15) is 8.42 Å². The number of sulfonamides is 1. The second kappa shape index (κ2) is 7.52. The quantitative estimate of drug-likeness (QED) is 0.831. The van der Waals surface area contributed by atoms with E-state index in [4.69, 9.17) is 4.74 Å². The van der Waals surface area contributed by atoms with Crippen LogP contribution in [0, 0.1) is 5.92 Å². The Kier molecular flexibility index (Phi) is 5.59. The molecular formula is C18H28N2O3S. The summed E-state index contributed by atoms with van der Waals surface area (Å²) in [6.45, 7) is 8.14. The van der Waals surface area contributed by atoms with Crippen LogP contribution in [0.25, 0.3) is 0 Å². The Morgan fingerprint density at radius 3 is 2.62 bits per heavy atom. The van der Waals surface area contributed by atoms with E-state index in [1.807, 2.05) is 30.3 Å². The van der Waals surface area contributed by atoms with Crippen LogP contribution in [0.2, 0.25) is 0 Å². The fourth-order valence-electron chi connectivity index (χ4n) is 3.65. The van der Waals surface area contributed by atoms with E-state index < -0.39 is 10.0 Å². The summed E-state index contributed by atoms with van der Waals surface area (Å²) in [5.41, 5.74) is 0.840. The van der Waals surface area contributed by atoms with E-state index in [1.54, 1.807) is 4.31 Å². The lowest BCUT2D eigenvalue weighted by atomic mass is 9.94. The Balaban J connectivity index is 1.66. The molecule has 2 heterocycles. The van der Waals surface area contributed by atoms with E-state index in [-0.39, 0.29) is 11.9 Å². The number of ether oxygens (including phenoxy) is 1. The number of piperidine rings is 1. The molecule has 0 aromatic heterocycles. The van der Waals surface area contributed by atoms with Gasteiger partial charge in [0.05, 0.1) is 18.5 Å². The monoisotopic (exact) mass is 352 g/mol. The number of hydrogen-bond acceptors (Lipinski definition) is 4. The van der Waals surface area contributed by atoms with E-state index in [0.717, 1.165) is 25.1 Å². The smallest absolute Gasteiger partial charge is 0.218 e. The maximum absolute atomic E-state index is 12.7. The summed E-state index contributed by atoms with van der Waals surface area (Å²) in [6, 6.07) is 9.91. The minimum atomic E-state index is -3.29. The molecule has 2 saturated heterocycles. The molecule has 0 N–H and O–H groups in total. The lowest BCUT2D eigenvalue weighted by molar-refractivity contribution is -0.00196. The maximum atomic E-state index is 12.7. The molecule has 2 aliphatic rings. The lowest BCUT2D eigenvalue weighted by Crippen LogP contribution is -2.49. The molecule has 3 rings (SSSR count). The van der Waals surface area contributed by atoms with Crippen molar-refractivity contribution in [3.05, 3.63) is 35.9 Å². The van der Waals surface area contributed by atoms with Crippen molar-refractivity contribution in [1.29, 1.82) is 0 Å². The Bertz CT molecular complexity index is 633. The summed E-state index contributed by atoms with van der Waals surface area (Å²) >= 11 is 0. The van der Waals surface area contributed by atoms with Gasteiger partial charge in [-0.15, -0.1) is 0 Å². The number of nitrogens with zero attached hydrogens (tertiary/aromatic N) is 2. The summed E-state index contributed by atoms with van der Waals surface area (Å²) in [6.07, 6.45) is 0.898. The third kappa shape index (κ3) is 4.17. The van der Waals surface area contributed by atoms with Crippen molar-refractivity contribution in [2.24, 2.45) is 5.92 Å². The van der Waals surface area contributed by atoms with E-state index in [0.29, 0.717) is 31.7 Å². The van der Waals surface area contributed by atoms with Gasteiger partial charge in [-0.2, -0.15) is 4.31 Å². The Morgan fingerprint density at radius 2 is 1.92 bits per heavy atom. The first-order chi connectivity index (χ1) is 11.5. The minimum Gasteiger partial charge on any atom is -0.375 e. The van der Waals surface area contributed by atoms with Gasteiger partial charge in [0.2, 0.25) is 10.0 Å². The van der Waals surface area contributed by atoms with E-state index >= 15 is 0 Å². The molecule has 5 nitrogen and oxygen atoms in total. The molecule has 0 radical (unpaired) electrons. The SMILES string of the molecule is CC(C)N1CCO[C@H]2CN(S(=O)(=O)Cc3ccccc3)CC[C@@H]2C1. The Morgan fingerprint density at radius 1 is 1.17 bits per heavy atom. The van der Waals surface area contributed by atoms with Gasteiger partial charge in [0.1, 0.15) is 0 Å². The molecule has 24 heavy (non-hydrogen) atoms. The van der Waals surface area contributed by atoms with Crippen molar-refractivity contribution in [3.63, 3.8) is 0 Å². The molecule has 1 aromatic carbocycles. The van der Waals surface area contributed by atoms with Gasteiger partial charge in [-0.3, -0.25) is 4.90 Å². The Labute approximate surface area is 145 Å². The molecule has 0 unspecified atom stereocenters. The highest BCUT2D eigenvalue weighted by Crippen LogP contribution is 2.27. The molecule has 134 valence electrons. The molecule has 0 amide bonds. The normalized spacial score (nSPS) is 27.0. The number of hydrogen-bond donors (Lipinski definition) is 0. The first-order valence-corrected chi connectivity index (χ1v) is 10.4. The molecular weight excluding hydrogens is 324 g/mol. The zero-order valence-electron chi connectivity index (χ0n) is 14.6. The second-order valence-corrected chi connectivity index (χ2v) is 9.12. The third-order valence-electron chi connectivity index (χ3n) is 5.15. The van der Waals surface area contributed by atoms with Gasteiger partial charge in [-0.05, 0) is 25.8 Å². The molecule has 0 aliphatic carbocycles. The summed E-state index contributed by atoms with van der Waals surface area (Å²) in [5.74, 6) is 0.502. The zero-order valence-corrected chi connectivity index (χ0v) is 15.4.